The second-order valence-electron chi connectivity index (χ2n) is 3.83. The van der Waals surface area contributed by atoms with Crippen LogP contribution in [0.4, 0.5) is 10.1 Å². The van der Waals surface area contributed by atoms with Crippen LogP contribution in [0.15, 0.2) is 42.6 Å². The van der Waals surface area contributed by atoms with Crippen LogP contribution in [-0.2, 0) is 0 Å². The molecule has 0 aliphatic rings. The van der Waals surface area contributed by atoms with Crippen molar-refractivity contribution in [3.05, 3.63) is 59.7 Å². The third-order valence-corrected chi connectivity index (χ3v) is 2.68. The second kappa shape index (κ2) is 5.27. The Bertz CT molecular complexity index is 664. The van der Waals surface area contributed by atoms with E-state index in [2.05, 4.69) is 4.98 Å². The van der Waals surface area contributed by atoms with Crippen molar-refractivity contribution in [2.75, 3.05) is 11.9 Å². The number of aromatic nitrogens is 1. The molecule has 1 aromatic carbocycles. The van der Waals surface area contributed by atoms with Crippen molar-refractivity contribution in [1.82, 2.24) is 4.98 Å². The van der Waals surface area contributed by atoms with Crippen LogP contribution in [0.3, 0.4) is 0 Å². The topological polar surface area (TPSA) is 57.0 Å². The average molecular weight is 255 g/mol. The van der Waals surface area contributed by atoms with Gasteiger partial charge in [-0.25, -0.2) is 4.98 Å². The first-order valence-corrected chi connectivity index (χ1v) is 5.53. The number of para-hydroxylation sites is 1. The monoisotopic (exact) mass is 255 g/mol. The van der Waals surface area contributed by atoms with Gasteiger partial charge in [-0.2, -0.15) is 9.65 Å². The van der Waals surface area contributed by atoms with Crippen molar-refractivity contribution >= 4 is 11.6 Å². The first-order chi connectivity index (χ1) is 9.15. The minimum atomic E-state index is -0.825. The fourth-order valence-corrected chi connectivity index (χ4v) is 1.70. The predicted molar refractivity (Wildman–Crippen MR) is 68.1 cm³/mol. The number of hydrogen-bond acceptors (Lipinski definition) is 3. The summed E-state index contributed by atoms with van der Waals surface area (Å²) in [5, 5.41) is 9.00. The van der Waals surface area contributed by atoms with Gasteiger partial charge >= 0.3 is 0 Å². The number of benzene rings is 1. The molecule has 0 saturated carbocycles. The van der Waals surface area contributed by atoms with Gasteiger partial charge in [-0.05, 0) is 24.3 Å². The first-order valence-electron chi connectivity index (χ1n) is 5.53. The molecule has 5 heteroatoms. The van der Waals surface area contributed by atoms with Crippen LogP contribution in [0, 0.1) is 17.3 Å². The molecule has 0 atom stereocenters. The molecule has 19 heavy (non-hydrogen) atoms. The van der Waals surface area contributed by atoms with Gasteiger partial charge in [0.25, 0.3) is 5.91 Å². The Morgan fingerprint density at radius 3 is 2.74 bits per heavy atom. The zero-order valence-electron chi connectivity index (χ0n) is 10.2. The van der Waals surface area contributed by atoms with Crippen molar-refractivity contribution in [2.24, 2.45) is 0 Å². The van der Waals surface area contributed by atoms with E-state index < -0.39 is 11.9 Å². The van der Waals surface area contributed by atoms with E-state index in [-0.39, 0.29) is 5.56 Å². The number of carbonyl (C=O) groups is 1. The van der Waals surface area contributed by atoms with Gasteiger partial charge in [-0.1, -0.05) is 12.1 Å². The minimum absolute atomic E-state index is 0.127. The highest BCUT2D eigenvalue weighted by molar-refractivity contribution is 6.06. The molecule has 0 bridgehead atoms. The van der Waals surface area contributed by atoms with E-state index in [0.29, 0.717) is 11.3 Å². The molecule has 0 unspecified atom stereocenters. The Morgan fingerprint density at radius 1 is 1.32 bits per heavy atom. The minimum Gasteiger partial charge on any atom is -0.310 e. The first kappa shape index (κ1) is 12.7. The zero-order valence-corrected chi connectivity index (χ0v) is 10.2. The molecule has 0 spiro atoms. The predicted octanol–water partition coefficient (Wildman–Crippen LogP) is 2.37. The molecule has 0 radical (unpaired) electrons. The van der Waals surface area contributed by atoms with E-state index in [1.54, 1.807) is 24.3 Å². The van der Waals surface area contributed by atoms with Gasteiger partial charge < -0.3 is 4.90 Å². The van der Waals surface area contributed by atoms with Gasteiger partial charge in [-0.3, -0.25) is 4.79 Å². The number of pyridine rings is 1. The summed E-state index contributed by atoms with van der Waals surface area (Å²) in [7, 11) is 1.49. The molecular weight excluding hydrogens is 245 g/mol. The number of hydrogen-bond donors (Lipinski definition) is 0. The van der Waals surface area contributed by atoms with Crippen LogP contribution >= 0.6 is 0 Å². The maximum absolute atomic E-state index is 13.5. The lowest BCUT2D eigenvalue weighted by molar-refractivity contribution is 0.0988. The highest BCUT2D eigenvalue weighted by Gasteiger charge is 2.19. The Morgan fingerprint density at radius 2 is 2.05 bits per heavy atom. The lowest BCUT2D eigenvalue weighted by atomic mass is 10.1. The molecule has 0 aliphatic carbocycles. The van der Waals surface area contributed by atoms with Crippen LogP contribution in [0.5, 0.6) is 0 Å². The highest BCUT2D eigenvalue weighted by atomic mass is 19.1. The number of anilines is 1. The molecule has 0 aliphatic heterocycles. The Labute approximate surface area is 109 Å². The molecule has 0 saturated heterocycles. The van der Waals surface area contributed by atoms with Crippen molar-refractivity contribution in [3.8, 4) is 6.07 Å². The van der Waals surface area contributed by atoms with Crippen LogP contribution in [-0.4, -0.2) is 17.9 Å². The Hall–Kier alpha value is -2.74. The maximum Gasteiger partial charge on any atom is 0.262 e. The molecule has 1 heterocycles. The molecule has 1 aromatic heterocycles. The summed E-state index contributed by atoms with van der Waals surface area (Å²) in [6.07, 6.45) is 1.27. The summed E-state index contributed by atoms with van der Waals surface area (Å²) in [4.78, 5) is 16.8. The summed E-state index contributed by atoms with van der Waals surface area (Å²) in [6.45, 7) is 0. The molecule has 2 rings (SSSR count). The summed E-state index contributed by atoms with van der Waals surface area (Å²) >= 11 is 0. The fraction of sp³-hybridized carbons (Fsp3) is 0.0714. The third kappa shape index (κ3) is 2.43. The van der Waals surface area contributed by atoms with Gasteiger partial charge in [0.1, 0.15) is 6.07 Å². The van der Waals surface area contributed by atoms with Gasteiger partial charge in [0.15, 0.2) is 0 Å². The van der Waals surface area contributed by atoms with Crippen LogP contribution in [0.25, 0.3) is 0 Å². The van der Waals surface area contributed by atoms with Crippen molar-refractivity contribution < 1.29 is 9.18 Å². The lowest BCUT2D eigenvalue weighted by Crippen LogP contribution is -2.28. The quantitative estimate of drug-likeness (QED) is 0.774. The zero-order chi connectivity index (χ0) is 13.8. The summed E-state index contributed by atoms with van der Waals surface area (Å²) < 4.78 is 13.5. The van der Waals surface area contributed by atoms with Crippen LogP contribution in [0.1, 0.15) is 15.9 Å². The Balaban J connectivity index is 2.40. The van der Waals surface area contributed by atoms with E-state index in [1.165, 1.54) is 30.3 Å². The van der Waals surface area contributed by atoms with Gasteiger partial charge in [0.05, 0.1) is 16.8 Å². The van der Waals surface area contributed by atoms with E-state index in [0.717, 1.165) is 0 Å². The SMILES string of the molecule is CN(C(=O)c1cccnc1F)c1ccccc1C#N. The van der Waals surface area contributed by atoms with E-state index >= 15 is 0 Å². The largest absolute Gasteiger partial charge is 0.310 e. The molecule has 0 N–H and O–H groups in total. The van der Waals surface area contributed by atoms with Crippen LogP contribution in [0.2, 0.25) is 0 Å². The van der Waals surface area contributed by atoms with Gasteiger partial charge in [-0.15, -0.1) is 0 Å². The summed E-state index contributed by atoms with van der Waals surface area (Å²) in [6, 6.07) is 11.5. The number of nitriles is 1. The smallest absolute Gasteiger partial charge is 0.262 e. The third-order valence-electron chi connectivity index (χ3n) is 2.68. The normalized spacial score (nSPS) is 9.74. The van der Waals surface area contributed by atoms with Crippen molar-refractivity contribution in [3.63, 3.8) is 0 Å². The highest BCUT2D eigenvalue weighted by Crippen LogP contribution is 2.20. The lowest BCUT2D eigenvalue weighted by Gasteiger charge is -2.18. The fourth-order valence-electron chi connectivity index (χ4n) is 1.70. The second-order valence-corrected chi connectivity index (χ2v) is 3.83. The van der Waals surface area contributed by atoms with E-state index in [4.69, 9.17) is 5.26 Å². The molecule has 1 amide bonds. The Kier molecular flexibility index (Phi) is 3.53. The van der Waals surface area contributed by atoms with Gasteiger partial charge in [0.2, 0.25) is 5.95 Å². The summed E-state index contributed by atoms with van der Waals surface area (Å²) in [5.41, 5.74) is 0.652. The molecule has 94 valence electrons. The molecular formula is C14H10FN3O. The average Bonchev–Trinajstić information content (AvgIpc) is 2.46. The summed E-state index contributed by atoms with van der Waals surface area (Å²) in [5.74, 6) is -1.37. The van der Waals surface area contributed by atoms with Gasteiger partial charge in [0, 0.05) is 13.2 Å². The number of carbonyl (C=O) groups excluding carboxylic acids is 1. The standard InChI is InChI=1S/C14H10FN3O/c1-18(12-7-3-2-5-10(12)9-16)14(19)11-6-4-8-17-13(11)15/h2-8H,1H3. The molecule has 0 fully saturated rings. The number of nitrogens with zero attached hydrogens (tertiary/aromatic N) is 3. The molecule has 2 aromatic rings. The number of halogens is 1. The number of rotatable bonds is 2. The van der Waals surface area contributed by atoms with E-state index in [1.807, 2.05) is 6.07 Å². The van der Waals surface area contributed by atoms with Crippen LogP contribution < -0.4 is 4.90 Å². The van der Waals surface area contributed by atoms with Crippen molar-refractivity contribution in [1.29, 1.82) is 5.26 Å². The van der Waals surface area contributed by atoms with Crippen molar-refractivity contribution in [2.45, 2.75) is 0 Å². The van der Waals surface area contributed by atoms with E-state index in [9.17, 15) is 9.18 Å². The molecule has 4 nitrogen and oxygen atoms in total. The maximum atomic E-state index is 13.5. The number of amides is 1.